The van der Waals surface area contributed by atoms with Gasteiger partial charge in [-0.15, -0.1) is 0 Å². The Kier molecular flexibility index (Phi) is 4.47. The number of nitrogens with one attached hydrogen (secondary N) is 1. The minimum atomic E-state index is -0.137. The average Bonchev–Trinajstić information content (AvgIpc) is 3.10. The van der Waals surface area contributed by atoms with Crippen molar-refractivity contribution in [2.24, 2.45) is 0 Å². The second kappa shape index (κ2) is 6.87. The van der Waals surface area contributed by atoms with Gasteiger partial charge in [-0.1, -0.05) is 54.5 Å². The van der Waals surface area contributed by atoms with E-state index in [0.29, 0.717) is 29.4 Å². The predicted molar refractivity (Wildman–Crippen MR) is 87.8 cm³/mol. The molecule has 0 aliphatic heterocycles. The third-order valence-electron chi connectivity index (χ3n) is 3.40. The van der Waals surface area contributed by atoms with Crippen molar-refractivity contribution in [1.29, 1.82) is 0 Å². The summed E-state index contributed by atoms with van der Waals surface area (Å²) in [5, 5.41) is 6.88. The number of hydrogen-bond donors (Lipinski definition) is 1. The molecule has 2 aromatic carbocycles. The highest BCUT2D eigenvalue weighted by molar-refractivity contribution is 6.00. The summed E-state index contributed by atoms with van der Waals surface area (Å²) < 4.78 is 5.36. The van der Waals surface area contributed by atoms with Gasteiger partial charge < -0.3 is 9.84 Å². The third kappa shape index (κ3) is 3.29. The molecule has 23 heavy (non-hydrogen) atoms. The molecule has 0 radical (unpaired) electrons. The van der Waals surface area contributed by atoms with E-state index in [1.54, 1.807) is 6.07 Å². The summed E-state index contributed by atoms with van der Waals surface area (Å²) >= 11 is 0. The zero-order chi connectivity index (χ0) is 16.1. The van der Waals surface area contributed by atoms with E-state index in [0.717, 1.165) is 12.0 Å². The van der Waals surface area contributed by atoms with Crippen LogP contribution in [0.25, 0.3) is 22.8 Å². The van der Waals surface area contributed by atoms with Crippen LogP contribution in [0.5, 0.6) is 0 Å². The van der Waals surface area contributed by atoms with Gasteiger partial charge in [0.25, 0.3) is 11.8 Å². The monoisotopic (exact) mass is 307 g/mol. The SMILES string of the molecule is CCCNC(=O)c1ccccc1-c1nc(-c2ccccc2)no1. The Hall–Kier alpha value is -2.95. The highest BCUT2D eigenvalue weighted by Crippen LogP contribution is 2.25. The maximum absolute atomic E-state index is 12.3. The molecule has 0 fully saturated rings. The lowest BCUT2D eigenvalue weighted by atomic mass is 10.1. The van der Waals surface area contributed by atoms with E-state index >= 15 is 0 Å². The minimum absolute atomic E-state index is 0.137. The van der Waals surface area contributed by atoms with Crippen LogP contribution in [0.15, 0.2) is 59.1 Å². The third-order valence-corrected chi connectivity index (χ3v) is 3.40. The first-order valence-corrected chi connectivity index (χ1v) is 7.56. The number of rotatable bonds is 5. The normalized spacial score (nSPS) is 10.5. The summed E-state index contributed by atoms with van der Waals surface area (Å²) in [6, 6.07) is 16.8. The largest absolute Gasteiger partial charge is 0.352 e. The van der Waals surface area contributed by atoms with Crippen LogP contribution in [0, 0.1) is 0 Å². The molecule has 5 nitrogen and oxygen atoms in total. The second-order valence-corrected chi connectivity index (χ2v) is 5.09. The second-order valence-electron chi connectivity index (χ2n) is 5.09. The topological polar surface area (TPSA) is 68.0 Å². The predicted octanol–water partition coefficient (Wildman–Crippen LogP) is 3.54. The molecule has 0 bridgehead atoms. The molecule has 0 saturated carbocycles. The van der Waals surface area contributed by atoms with Crippen molar-refractivity contribution < 1.29 is 9.32 Å². The zero-order valence-corrected chi connectivity index (χ0v) is 12.8. The van der Waals surface area contributed by atoms with Gasteiger partial charge in [-0.3, -0.25) is 4.79 Å². The molecule has 1 amide bonds. The van der Waals surface area contributed by atoms with Crippen molar-refractivity contribution >= 4 is 5.91 Å². The van der Waals surface area contributed by atoms with Crippen LogP contribution < -0.4 is 5.32 Å². The molecule has 0 saturated heterocycles. The fourth-order valence-corrected chi connectivity index (χ4v) is 2.24. The molecule has 1 aromatic heterocycles. The maximum Gasteiger partial charge on any atom is 0.259 e. The molecule has 0 aliphatic carbocycles. The lowest BCUT2D eigenvalue weighted by molar-refractivity contribution is 0.0954. The van der Waals surface area contributed by atoms with Gasteiger partial charge in [-0.05, 0) is 18.6 Å². The summed E-state index contributed by atoms with van der Waals surface area (Å²) in [4.78, 5) is 16.7. The summed E-state index contributed by atoms with van der Waals surface area (Å²) in [5.74, 6) is 0.706. The van der Waals surface area contributed by atoms with Crippen LogP contribution in [-0.4, -0.2) is 22.6 Å². The van der Waals surface area contributed by atoms with E-state index in [1.807, 2.05) is 55.5 Å². The van der Waals surface area contributed by atoms with Crippen LogP contribution in [0.2, 0.25) is 0 Å². The Morgan fingerprint density at radius 3 is 2.61 bits per heavy atom. The van der Waals surface area contributed by atoms with Crippen LogP contribution in [0.4, 0.5) is 0 Å². The van der Waals surface area contributed by atoms with Crippen molar-refractivity contribution in [3.05, 3.63) is 60.2 Å². The quantitative estimate of drug-likeness (QED) is 0.782. The first-order chi connectivity index (χ1) is 11.3. The van der Waals surface area contributed by atoms with Gasteiger partial charge >= 0.3 is 0 Å². The lowest BCUT2D eigenvalue weighted by Gasteiger charge is -2.06. The minimum Gasteiger partial charge on any atom is -0.352 e. The van der Waals surface area contributed by atoms with E-state index in [1.165, 1.54) is 0 Å². The Labute approximate surface area is 134 Å². The summed E-state index contributed by atoms with van der Waals surface area (Å²) in [7, 11) is 0. The highest BCUT2D eigenvalue weighted by atomic mass is 16.5. The average molecular weight is 307 g/mol. The Morgan fingerprint density at radius 2 is 1.83 bits per heavy atom. The molecule has 116 valence electrons. The summed E-state index contributed by atoms with van der Waals surface area (Å²) in [6.07, 6.45) is 0.882. The zero-order valence-electron chi connectivity index (χ0n) is 12.8. The van der Waals surface area contributed by atoms with E-state index in [4.69, 9.17) is 4.52 Å². The molecule has 5 heteroatoms. The molecule has 3 rings (SSSR count). The standard InChI is InChI=1S/C18H17N3O2/c1-2-12-19-17(22)14-10-6-7-11-15(14)18-20-16(21-23-18)13-8-4-3-5-9-13/h3-11H,2,12H2,1H3,(H,19,22). The molecule has 0 atom stereocenters. The van der Waals surface area contributed by atoms with Gasteiger partial charge in [0.05, 0.1) is 11.1 Å². The molecule has 0 aliphatic rings. The van der Waals surface area contributed by atoms with E-state index in [-0.39, 0.29) is 5.91 Å². The fourth-order valence-electron chi connectivity index (χ4n) is 2.24. The van der Waals surface area contributed by atoms with Crippen LogP contribution in [0.1, 0.15) is 23.7 Å². The molecule has 1 N–H and O–H groups in total. The van der Waals surface area contributed by atoms with Gasteiger partial charge in [0.15, 0.2) is 0 Å². The van der Waals surface area contributed by atoms with Crippen LogP contribution in [0.3, 0.4) is 0 Å². The van der Waals surface area contributed by atoms with Crippen LogP contribution in [-0.2, 0) is 0 Å². The number of aromatic nitrogens is 2. The smallest absolute Gasteiger partial charge is 0.259 e. The number of benzene rings is 2. The van der Waals surface area contributed by atoms with Crippen LogP contribution >= 0.6 is 0 Å². The van der Waals surface area contributed by atoms with E-state index < -0.39 is 0 Å². The van der Waals surface area contributed by atoms with Gasteiger partial charge in [-0.25, -0.2) is 0 Å². The molecule has 3 aromatic rings. The number of hydrogen-bond acceptors (Lipinski definition) is 4. The maximum atomic E-state index is 12.3. The van der Waals surface area contributed by atoms with E-state index in [2.05, 4.69) is 15.5 Å². The highest BCUT2D eigenvalue weighted by Gasteiger charge is 2.17. The molecular formula is C18H17N3O2. The van der Waals surface area contributed by atoms with Crippen molar-refractivity contribution in [1.82, 2.24) is 15.5 Å². The van der Waals surface area contributed by atoms with Gasteiger partial charge in [0.2, 0.25) is 5.82 Å². The first kappa shape index (κ1) is 15.0. The van der Waals surface area contributed by atoms with Crippen molar-refractivity contribution in [2.45, 2.75) is 13.3 Å². The number of amides is 1. The number of nitrogens with zero attached hydrogens (tertiary/aromatic N) is 2. The molecule has 0 spiro atoms. The molecular weight excluding hydrogens is 290 g/mol. The van der Waals surface area contributed by atoms with Crippen molar-refractivity contribution in [2.75, 3.05) is 6.54 Å². The molecule has 1 heterocycles. The lowest BCUT2D eigenvalue weighted by Crippen LogP contribution is -2.24. The van der Waals surface area contributed by atoms with Crippen molar-refractivity contribution in [3.8, 4) is 22.8 Å². The van der Waals surface area contributed by atoms with Gasteiger partial charge in [-0.2, -0.15) is 4.98 Å². The van der Waals surface area contributed by atoms with Gasteiger partial charge in [0.1, 0.15) is 0 Å². The summed E-state index contributed by atoms with van der Waals surface area (Å²) in [6.45, 7) is 2.64. The first-order valence-electron chi connectivity index (χ1n) is 7.56. The number of carbonyl (C=O) groups excluding carboxylic acids is 1. The Balaban J connectivity index is 1.94. The van der Waals surface area contributed by atoms with E-state index in [9.17, 15) is 4.79 Å². The Morgan fingerprint density at radius 1 is 1.09 bits per heavy atom. The fraction of sp³-hybridized carbons (Fsp3) is 0.167. The number of carbonyl (C=O) groups is 1. The van der Waals surface area contributed by atoms with Gasteiger partial charge in [0, 0.05) is 12.1 Å². The van der Waals surface area contributed by atoms with Crippen molar-refractivity contribution in [3.63, 3.8) is 0 Å². The Bertz CT molecular complexity index is 797. The summed E-state index contributed by atoms with van der Waals surface area (Å²) in [5.41, 5.74) is 2.04. The molecule has 0 unspecified atom stereocenters.